The van der Waals surface area contributed by atoms with Gasteiger partial charge in [0.05, 0.1) is 18.3 Å². The molecule has 0 radical (unpaired) electrons. The van der Waals surface area contributed by atoms with E-state index in [1.807, 2.05) is 4.90 Å². The van der Waals surface area contributed by atoms with Gasteiger partial charge in [0.2, 0.25) is 0 Å². The minimum absolute atomic E-state index is 0.0164. The molecule has 1 fully saturated rings. The third-order valence-electron chi connectivity index (χ3n) is 2.77. The Morgan fingerprint density at radius 3 is 2.40 bits per heavy atom. The summed E-state index contributed by atoms with van der Waals surface area (Å²) in [6, 6.07) is 6.08. The van der Waals surface area contributed by atoms with Crippen molar-refractivity contribution in [3.05, 3.63) is 44.5 Å². The quantitative estimate of drug-likeness (QED) is 0.628. The van der Waals surface area contributed by atoms with Gasteiger partial charge in [-0.3, -0.25) is 10.1 Å². The normalized spacial score (nSPS) is 16.9. The molecule has 0 atom stereocenters. The Kier molecular flexibility index (Phi) is 3.64. The molecule has 10 heteroatoms. The fourth-order valence-electron chi connectivity index (χ4n) is 1.82. The van der Waals surface area contributed by atoms with E-state index in [9.17, 15) is 20.2 Å². The summed E-state index contributed by atoms with van der Waals surface area (Å²) in [7, 11) is 1.66. The van der Waals surface area contributed by atoms with E-state index in [1.54, 1.807) is 24.1 Å². The van der Waals surface area contributed by atoms with Crippen molar-refractivity contribution in [1.82, 2.24) is 10.2 Å². The van der Waals surface area contributed by atoms with Crippen LogP contribution < -0.4 is 10.2 Å². The van der Waals surface area contributed by atoms with Gasteiger partial charge in [-0.25, -0.2) is 10.1 Å². The van der Waals surface area contributed by atoms with E-state index in [-0.39, 0.29) is 11.6 Å². The Balaban J connectivity index is 2.09. The first-order valence-corrected chi connectivity index (χ1v) is 5.65. The molecule has 0 aromatic heterocycles. The average molecular weight is 280 g/mol. The second-order valence-corrected chi connectivity index (χ2v) is 4.15. The van der Waals surface area contributed by atoms with Crippen LogP contribution in [0.25, 0.3) is 0 Å². The topological polar surface area (TPSA) is 117 Å². The molecule has 0 aliphatic carbocycles. The predicted molar refractivity (Wildman–Crippen MR) is 70.6 cm³/mol. The maximum Gasteiger partial charge on any atom is 0.273 e. The van der Waals surface area contributed by atoms with Crippen LogP contribution in [0.5, 0.6) is 0 Å². The Morgan fingerprint density at radius 2 is 1.90 bits per heavy atom. The van der Waals surface area contributed by atoms with Crippen molar-refractivity contribution in [3.8, 4) is 0 Å². The summed E-state index contributed by atoms with van der Waals surface area (Å²) in [6.45, 7) is 0.715. The third-order valence-corrected chi connectivity index (χ3v) is 2.77. The largest absolute Gasteiger partial charge is 0.336 e. The van der Waals surface area contributed by atoms with Gasteiger partial charge in [0.15, 0.2) is 5.03 Å². The molecule has 0 bridgehead atoms. The lowest BCUT2D eigenvalue weighted by Gasteiger charge is -2.36. The first-order valence-electron chi connectivity index (χ1n) is 5.65. The second-order valence-electron chi connectivity index (χ2n) is 4.15. The maximum atomic E-state index is 10.6. The molecule has 2 rings (SSSR count). The maximum absolute atomic E-state index is 10.6. The van der Waals surface area contributed by atoms with Crippen LogP contribution in [0.1, 0.15) is 0 Å². The Bertz CT molecular complexity index is 557. The zero-order chi connectivity index (χ0) is 14.7. The summed E-state index contributed by atoms with van der Waals surface area (Å²) in [4.78, 5) is 23.9. The average Bonchev–Trinajstić information content (AvgIpc) is 2.41. The van der Waals surface area contributed by atoms with Crippen LogP contribution in [0.4, 0.5) is 11.4 Å². The molecule has 0 spiro atoms. The fraction of sp³-hybridized carbons (Fsp3) is 0.300. The predicted octanol–water partition coefficient (Wildman–Crippen LogP) is 0.399. The summed E-state index contributed by atoms with van der Waals surface area (Å²) in [5.74, 6) is 0.174. The number of hydrogen-bond acceptors (Lipinski definition) is 5. The number of non-ortho nitro benzene ring substituents is 1. The monoisotopic (exact) mass is 280 g/mol. The number of hydrogen-bond donors (Lipinski definition) is 1. The van der Waals surface area contributed by atoms with Crippen molar-refractivity contribution in [1.29, 1.82) is 0 Å². The first-order chi connectivity index (χ1) is 9.47. The third kappa shape index (κ3) is 2.91. The number of nitrogens with one attached hydrogen (secondary N) is 1. The van der Waals surface area contributed by atoms with Crippen LogP contribution >= 0.6 is 0 Å². The summed E-state index contributed by atoms with van der Waals surface area (Å²) in [5.41, 5.74) is 0.790. The smallest absolute Gasteiger partial charge is 0.273 e. The zero-order valence-corrected chi connectivity index (χ0v) is 10.6. The molecule has 1 aromatic carbocycles. The molecule has 0 saturated carbocycles. The number of guanidine groups is 1. The van der Waals surface area contributed by atoms with Gasteiger partial charge in [-0.15, -0.1) is 0 Å². The highest BCUT2D eigenvalue weighted by molar-refractivity contribution is 5.80. The minimum Gasteiger partial charge on any atom is -0.336 e. The van der Waals surface area contributed by atoms with E-state index in [4.69, 9.17) is 0 Å². The Labute approximate surface area is 113 Å². The van der Waals surface area contributed by atoms with Crippen LogP contribution in [-0.4, -0.2) is 41.2 Å². The van der Waals surface area contributed by atoms with Crippen molar-refractivity contribution < 1.29 is 9.96 Å². The van der Waals surface area contributed by atoms with Gasteiger partial charge in [-0.2, -0.15) is 0 Å². The molecule has 1 heterocycles. The van der Waals surface area contributed by atoms with E-state index in [0.717, 1.165) is 5.69 Å². The van der Waals surface area contributed by atoms with Crippen molar-refractivity contribution in [3.63, 3.8) is 0 Å². The van der Waals surface area contributed by atoms with Crippen LogP contribution in [0.2, 0.25) is 0 Å². The van der Waals surface area contributed by atoms with Gasteiger partial charge in [0, 0.05) is 24.9 Å². The highest BCUT2D eigenvalue weighted by Crippen LogP contribution is 2.20. The minimum atomic E-state index is -0.764. The number of benzene rings is 1. The molecule has 1 aliphatic heterocycles. The van der Waals surface area contributed by atoms with Crippen molar-refractivity contribution in [2.24, 2.45) is 5.10 Å². The molecule has 106 valence electrons. The van der Waals surface area contributed by atoms with Crippen LogP contribution in [0, 0.1) is 20.2 Å². The summed E-state index contributed by atoms with van der Waals surface area (Å²) in [6.07, 6.45) is 0. The van der Waals surface area contributed by atoms with Gasteiger partial charge in [0.1, 0.15) is 5.10 Å². The lowest BCUT2D eigenvalue weighted by Crippen LogP contribution is -2.55. The fourth-order valence-corrected chi connectivity index (χ4v) is 1.82. The number of rotatable bonds is 3. The van der Waals surface area contributed by atoms with Gasteiger partial charge in [-0.05, 0) is 12.1 Å². The molecule has 1 aromatic rings. The van der Waals surface area contributed by atoms with E-state index in [0.29, 0.717) is 13.3 Å². The lowest BCUT2D eigenvalue weighted by molar-refractivity contribution is -0.486. The molecule has 1 N–H and O–H groups in total. The number of hydrazone groups is 1. The Morgan fingerprint density at radius 1 is 1.25 bits per heavy atom. The highest BCUT2D eigenvalue weighted by Gasteiger charge is 2.21. The molecule has 1 aliphatic rings. The molecule has 0 amide bonds. The lowest BCUT2D eigenvalue weighted by atomic mass is 10.2. The molecule has 0 unspecified atom stereocenters. The molecule has 20 heavy (non-hydrogen) atoms. The number of nitrogens with zero attached hydrogens (tertiary/aromatic N) is 5. The number of nitro groups is 2. The van der Waals surface area contributed by atoms with Gasteiger partial charge >= 0.3 is 0 Å². The van der Waals surface area contributed by atoms with Crippen molar-refractivity contribution in [2.75, 3.05) is 25.3 Å². The number of anilines is 1. The van der Waals surface area contributed by atoms with Crippen LogP contribution in [-0.2, 0) is 0 Å². The summed E-state index contributed by atoms with van der Waals surface area (Å²) in [5, 5.41) is 26.2. The van der Waals surface area contributed by atoms with Gasteiger partial charge in [-0.1, -0.05) is 0 Å². The molecule has 10 nitrogen and oxygen atoms in total. The molecular formula is C10H12N6O4. The molecule has 1 saturated heterocycles. The standard InChI is InChI=1S/C10H12N6O4/c1-13-7-14(6-11-10(13)12-16(19)20)8-2-4-9(5-3-8)15(17)18/h2-5H,6-7H2,1H3,(H,11,12). The summed E-state index contributed by atoms with van der Waals surface area (Å²) >= 11 is 0. The van der Waals surface area contributed by atoms with E-state index >= 15 is 0 Å². The van der Waals surface area contributed by atoms with E-state index < -0.39 is 9.96 Å². The summed E-state index contributed by atoms with van der Waals surface area (Å²) < 4.78 is 0. The number of nitro benzene ring substituents is 1. The molecular weight excluding hydrogens is 268 g/mol. The van der Waals surface area contributed by atoms with Crippen molar-refractivity contribution >= 4 is 17.3 Å². The van der Waals surface area contributed by atoms with Gasteiger partial charge < -0.3 is 15.1 Å². The zero-order valence-electron chi connectivity index (χ0n) is 10.6. The van der Waals surface area contributed by atoms with Gasteiger partial charge in [0.25, 0.3) is 11.6 Å². The highest BCUT2D eigenvalue weighted by atomic mass is 16.7. The van der Waals surface area contributed by atoms with Crippen LogP contribution in [0.3, 0.4) is 0 Å². The van der Waals surface area contributed by atoms with E-state index in [1.165, 1.54) is 12.1 Å². The Hall–Kier alpha value is -2.91. The van der Waals surface area contributed by atoms with Crippen LogP contribution in [0.15, 0.2) is 29.4 Å². The van der Waals surface area contributed by atoms with Crippen molar-refractivity contribution in [2.45, 2.75) is 0 Å². The second kappa shape index (κ2) is 5.38. The first kappa shape index (κ1) is 13.5. The van der Waals surface area contributed by atoms with E-state index in [2.05, 4.69) is 10.4 Å². The SMILES string of the molecule is CN1CN(c2ccc([N+](=O)[O-])cc2)CN/C1=N/[N+](=O)[O-].